The molecule has 2 N–H and O–H groups in total. The number of hydrogen-bond donors (Lipinski definition) is 2. The maximum Gasteiger partial charge on any atom is 0.291 e. The zero-order valence-corrected chi connectivity index (χ0v) is 17.6. The Balaban J connectivity index is 1.97. The van der Waals surface area contributed by atoms with Crippen LogP contribution in [-0.2, 0) is 4.79 Å². The zero-order chi connectivity index (χ0) is 21.0. The maximum absolute atomic E-state index is 13.1. The highest BCUT2D eigenvalue weighted by atomic mass is 16.2. The summed E-state index contributed by atoms with van der Waals surface area (Å²) >= 11 is 0. The quantitative estimate of drug-likeness (QED) is 0.428. The van der Waals surface area contributed by atoms with E-state index in [4.69, 9.17) is 0 Å². The van der Waals surface area contributed by atoms with E-state index in [1.54, 1.807) is 0 Å². The third-order valence-corrected chi connectivity index (χ3v) is 4.53. The molecule has 4 nitrogen and oxygen atoms in total. The smallest absolute Gasteiger partial charge is 0.291 e. The van der Waals surface area contributed by atoms with Crippen LogP contribution >= 0.6 is 0 Å². The Kier molecular flexibility index (Phi) is 6.13. The van der Waals surface area contributed by atoms with Crippen LogP contribution in [0.25, 0.3) is 0 Å². The summed E-state index contributed by atoms with van der Waals surface area (Å²) in [7, 11) is 0. The number of aliphatic imine (C=N–C) groups is 1. The van der Waals surface area contributed by atoms with Gasteiger partial charge in [-0.15, -0.1) is 0 Å². The van der Waals surface area contributed by atoms with E-state index in [-0.39, 0.29) is 11.7 Å². The Morgan fingerprint density at radius 3 is 1.69 bits per heavy atom. The Morgan fingerprint density at radius 2 is 1.17 bits per heavy atom. The molecule has 0 aromatic heterocycles. The van der Waals surface area contributed by atoms with Gasteiger partial charge in [-0.1, -0.05) is 30.3 Å². The number of carbonyl (C=O) groups excluding carboxylic acids is 1. The molecule has 0 atom stereocenters. The van der Waals surface area contributed by atoms with Crippen molar-refractivity contribution in [3.8, 4) is 0 Å². The molecular formula is C25H27N3O. The lowest BCUT2D eigenvalue weighted by molar-refractivity contribution is -0.110. The number of carbonyl (C=O) groups is 1. The Hall–Kier alpha value is -3.40. The third-order valence-electron chi connectivity index (χ3n) is 4.53. The van der Waals surface area contributed by atoms with E-state index in [0.717, 1.165) is 44.9 Å². The molecule has 3 aromatic carbocycles. The molecule has 1 amide bonds. The molecular weight excluding hydrogens is 358 g/mol. The van der Waals surface area contributed by atoms with Crippen molar-refractivity contribution in [2.24, 2.45) is 4.99 Å². The average molecular weight is 386 g/mol. The number of anilines is 2. The van der Waals surface area contributed by atoms with Crippen molar-refractivity contribution in [3.05, 3.63) is 88.5 Å². The molecule has 29 heavy (non-hydrogen) atoms. The second-order valence-corrected chi connectivity index (χ2v) is 7.58. The summed E-state index contributed by atoms with van der Waals surface area (Å²) in [4.78, 5) is 17.8. The monoisotopic (exact) mass is 385 g/mol. The molecule has 3 aromatic rings. The topological polar surface area (TPSA) is 53.5 Å². The molecule has 0 aliphatic carbocycles. The number of hydrogen-bond acceptors (Lipinski definition) is 2. The van der Waals surface area contributed by atoms with Crippen LogP contribution in [0.5, 0.6) is 0 Å². The highest BCUT2D eigenvalue weighted by Gasteiger charge is 2.14. The molecule has 148 valence electrons. The van der Waals surface area contributed by atoms with Crippen LogP contribution in [0, 0.1) is 34.6 Å². The van der Waals surface area contributed by atoms with Gasteiger partial charge >= 0.3 is 0 Å². The lowest BCUT2D eigenvalue weighted by Crippen LogP contribution is -2.29. The van der Waals surface area contributed by atoms with E-state index in [2.05, 4.69) is 27.8 Å². The van der Waals surface area contributed by atoms with Gasteiger partial charge in [0.1, 0.15) is 0 Å². The number of para-hydroxylation sites is 1. The predicted octanol–water partition coefficient (Wildman–Crippen LogP) is 6.01. The number of nitrogens with one attached hydrogen (secondary N) is 2. The van der Waals surface area contributed by atoms with Gasteiger partial charge < -0.3 is 10.6 Å². The summed E-state index contributed by atoms with van der Waals surface area (Å²) in [6, 6.07) is 19.8. The van der Waals surface area contributed by atoms with Crippen molar-refractivity contribution in [2.45, 2.75) is 34.6 Å². The average Bonchev–Trinajstić information content (AvgIpc) is 2.61. The summed E-state index contributed by atoms with van der Waals surface area (Å²) in [6.07, 6.45) is 0. The first-order chi connectivity index (χ1) is 13.8. The molecule has 0 fully saturated rings. The van der Waals surface area contributed by atoms with Gasteiger partial charge in [0.2, 0.25) is 0 Å². The molecule has 0 unspecified atom stereocenters. The Morgan fingerprint density at radius 1 is 0.690 bits per heavy atom. The SMILES string of the molecule is Cc1cc(C)cc(NC(=O)C(=Nc2ccccc2C)Nc2cc(C)cc(C)c2)c1. The van der Waals surface area contributed by atoms with E-state index in [0.29, 0.717) is 0 Å². The fourth-order valence-electron chi connectivity index (χ4n) is 3.37. The summed E-state index contributed by atoms with van der Waals surface area (Å²) in [5.74, 6) is -0.0270. The minimum Gasteiger partial charge on any atom is -0.336 e. The largest absolute Gasteiger partial charge is 0.336 e. The lowest BCUT2D eigenvalue weighted by atomic mass is 10.1. The van der Waals surface area contributed by atoms with Crippen LogP contribution in [0.3, 0.4) is 0 Å². The molecule has 0 aliphatic rings. The number of amides is 1. The van der Waals surface area contributed by atoms with Crippen LogP contribution < -0.4 is 10.6 Å². The van der Waals surface area contributed by atoms with Crippen molar-refractivity contribution >= 4 is 28.8 Å². The van der Waals surface area contributed by atoms with Crippen molar-refractivity contribution < 1.29 is 4.79 Å². The first kappa shape index (κ1) is 20.3. The van der Waals surface area contributed by atoms with E-state index in [9.17, 15) is 4.79 Å². The van der Waals surface area contributed by atoms with E-state index in [1.807, 2.05) is 83.1 Å². The maximum atomic E-state index is 13.1. The van der Waals surface area contributed by atoms with E-state index in [1.165, 1.54) is 0 Å². The van der Waals surface area contributed by atoms with Gasteiger partial charge in [0.15, 0.2) is 5.84 Å². The van der Waals surface area contributed by atoms with Crippen LogP contribution in [0.15, 0.2) is 65.7 Å². The van der Waals surface area contributed by atoms with Gasteiger partial charge in [-0.25, -0.2) is 4.99 Å². The van der Waals surface area contributed by atoms with E-state index >= 15 is 0 Å². The minimum absolute atomic E-state index is 0.253. The van der Waals surface area contributed by atoms with Gasteiger partial charge in [-0.3, -0.25) is 4.79 Å². The molecule has 0 saturated carbocycles. The molecule has 0 spiro atoms. The van der Waals surface area contributed by atoms with Crippen molar-refractivity contribution in [1.82, 2.24) is 0 Å². The highest BCUT2D eigenvalue weighted by Crippen LogP contribution is 2.20. The fraction of sp³-hybridized carbons (Fsp3) is 0.200. The molecule has 0 aliphatic heterocycles. The standard InChI is InChI=1S/C25H27N3O/c1-16-10-17(2)13-21(12-16)26-24(28-23-9-7-6-8-20(23)5)25(29)27-22-14-18(3)11-19(4)15-22/h6-15H,1-5H3,(H,26,28)(H,27,29). The number of benzene rings is 3. The molecule has 4 heteroatoms. The summed E-state index contributed by atoms with van der Waals surface area (Å²) in [5.41, 5.74) is 7.80. The minimum atomic E-state index is -0.280. The van der Waals surface area contributed by atoms with Gasteiger partial charge in [0, 0.05) is 11.4 Å². The van der Waals surface area contributed by atoms with Gasteiger partial charge in [-0.2, -0.15) is 0 Å². The third kappa shape index (κ3) is 5.55. The molecule has 3 rings (SSSR count). The second-order valence-electron chi connectivity index (χ2n) is 7.58. The Labute approximate surface area is 172 Å². The van der Waals surface area contributed by atoms with Gasteiger partial charge in [0.25, 0.3) is 5.91 Å². The first-order valence-electron chi connectivity index (χ1n) is 9.69. The summed E-state index contributed by atoms with van der Waals surface area (Å²) in [6.45, 7) is 10.1. The van der Waals surface area contributed by atoms with Gasteiger partial charge in [0.05, 0.1) is 5.69 Å². The number of amidine groups is 1. The van der Waals surface area contributed by atoms with Crippen LogP contribution in [0.2, 0.25) is 0 Å². The molecule has 0 radical (unpaired) electrons. The highest BCUT2D eigenvalue weighted by molar-refractivity contribution is 6.46. The van der Waals surface area contributed by atoms with E-state index < -0.39 is 0 Å². The van der Waals surface area contributed by atoms with Crippen molar-refractivity contribution in [2.75, 3.05) is 10.6 Å². The summed E-state index contributed by atoms with van der Waals surface area (Å²) in [5, 5.41) is 6.20. The van der Waals surface area contributed by atoms with Crippen molar-refractivity contribution in [3.63, 3.8) is 0 Å². The predicted molar refractivity (Wildman–Crippen MR) is 122 cm³/mol. The lowest BCUT2D eigenvalue weighted by Gasteiger charge is -2.13. The number of rotatable bonds is 3. The fourth-order valence-corrected chi connectivity index (χ4v) is 3.37. The van der Waals surface area contributed by atoms with Crippen molar-refractivity contribution in [1.29, 1.82) is 0 Å². The normalized spacial score (nSPS) is 11.3. The molecule has 0 heterocycles. The number of nitrogens with zero attached hydrogens (tertiary/aromatic N) is 1. The Bertz CT molecular complexity index is 1040. The zero-order valence-electron chi connectivity index (χ0n) is 17.6. The molecule has 0 bridgehead atoms. The van der Waals surface area contributed by atoms with Crippen LogP contribution in [0.1, 0.15) is 27.8 Å². The second kappa shape index (κ2) is 8.74. The summed E-state index contributed by atoms with van der Waals surface area (Å²) < 4.78 is 0. The number of aryl methyl sites for hydroxylation is 5. The van der Waals surface area contributed by atoms with Crippen LogP contribution in [0.4, 0.5) is 17.1 Å². The molecule has 0 saturated heterocycles. The van der Waals surface area contributed by atoms with Gasteiger partial charge in [-0.05, 0) is 92.8 Å². The van der Waals surface area contributed by atoms with Crippen LogP contribution in [-0.4, -0.2) is 11.7 Å². The first-order valence-corrected chi connectivity index (χ1v) is 9.69.